The van der Waals surface area contributed by atoms with Gasteiger partial charge in [-0.3, -0.25) is 4.90 Å². The summed E-state index contributed by atoms with van der Waals surface area (Å²) < 4.78 is 41.3. The number of thiophene rings is 1. The number of rotatable bonds is 3. The standard InChI is InChI=1S/C16H16BrF3N2S/c17-14-6-5-13(23-14)15(22-9-7-21-8-10-22)11-3-1-2-4-12(11)16(18,19)20/h1-6,15,21H,7-10H2. The fourth-order valence-corrected chi connectivity index (χ4v) is 4.52. The Balaban J connectivity index is 2.08. The lowest BCUT2D eigenvalue weighted by molar-refractivity contribution is -0.138. The first-order valence-electron chi connectivity index (χ1n) is 7.33. The average Bonchev–Trinajstić information content (AvgIpc) is 2.94. The van der Waals surface area contributed by atoms with E-state index in [1.807, 2.05) is 12.1 Å². The first-order valence-corrected chi connectivity index (χ1v) is 8.94. The molecule has 7 heteroatoms. The largest absolute Gasteiger partial charge is 0.416 e. The maximum atomic E-state index is 13.5. The zero-order valence-corrected chi connectivity index (χ0v) is 14.6. The van der Waals surface area contributed by atoms with Crippen molar-refractivity contribution in [3.63, 3.8) is 0 Å². The number of nitrogens with one attached hydrogen (secondary N) is 1. The third-order valence-electron chi connectivity index (χ3n) is 3.94. The number of hydrogen-bond acceptors (Lipinski definition) is 3. The van der Waals surface area contributed by atoms with E-state index in [4.69, 9.17) is 0 Å². The van der Waals surface area contributed by atoms with Crippen LogP contribution in [-0.4, -0.2) is 31.1 Å². The highest BCUT2D eigenvalue weighted by molar-refractivity contribution is 9.11. The van der Waals surface area contributed by atoms with E-state index in [9.17, 15) is 13.2 Å². The van der Waals surface area contributed by atoms with E-state index in [-0.39, 0.29) is 6.04 Å². The van der Waals surface area contributed by atoms with E-state index < -0.39 is 11.7 Å². The van der Waals surface area contributed by atoms with Crippen molar-refractivity contribution in [2.75, 3.05) is 26.2 Å². The third kappa shape index (κ3) is 3.79. The first-order chi connectivity index (χ1) is 11.0. The van der Waals surface area contributed by atoms with Crippen molar-refractivity contribution in [1.29, 1.82) is 0 Å². The van der Waals surface area contributed by atoms with Gasteiger partial charge < -0.3 is 5.32 Å². The lowest BCUT2D eigenvalue weighted by Gasteiger charge is -2.35. The molecule has 0 aliphatic carbocycles. The van der Waals surface area contributed by atoms with Crippen molar-refractivity contribution < 1.29 is 13.2 Å². The Morgan fingerprint density at radius 3 is 2.39 bits per heavy atom. The number of hydrogen-bond donors (Lipinski definition) is 1. The van der Waals surface area contributed by atoms with Gasteiger partial charge in [0.2, 0.25) is 0 Å². The Labute approximate surface area is 145 Å². The van der Waals surface area contributed by atoms with E-state index in [0.29, 0.717) is 5.56 Å². The summed E-state index contributed by atoms with van der Waals surface area (Å²) in [5, 5.41) is 3.25. The normalized spacial score (nSPS) is 18.1. The summed E-state index contributed by atoms with van der Waals surface area (Å²) >= 11 is 4.91. The van der Waals surface area contributed by atoms with Crippen molar-refractivity contribution >= 4 is 27.3 Å². The quantitative estimate of drug-likeness (QED) is 0.808. The molecular formula is C16H16BrF3N2S. The molecule has 1 saturated heterocycles. The fourth-order valence-electron chi connectivity index (χ4n) is 2.94. The van der Waals surface area contributed by atoms with E-state index in [1.54, 1.807) is 12.1 Å². The Kier molecular flexibility index (Phi) is 5.10. The Morgan fingerprint density at radius 2 is 1.78 bits per heavy atom. The highest BCUT2D eigenvalue weighted by atomic mass is 79.9. The van der Waals surface area contributed by atoms with Crippen LogP contribution in [0.25, 0.3) is 0 Å². The maximum absolute atomic E-state index is 13.5. The molecular weight excluding hydrogens is 389 g/mol. The summed E-state index contributed by atoms with van der Waals surface area (Å²) in [5.74, 6) is 0. The van der Waals surface area contributed by atoms with Gasteiger partial charge in [0.15, 0.2) is 0 Å². The molecule has 23 heavy (non-hydrogen) atoms. The van der Waals surface area contributed by atoms with Crippen LogP contribution < -0.4 is 5.32 Å². The molecule has 2 nitrogen and oxygen atoms in total. The van der Waals surface area contributed by atoms with E-state index in [1.165, 1.54) is 23.5 Å². The average molecular weight is 405 g/mol. The summed E-state index contributed by atoms with van der Waals surface area (Å²) in [7, 11) is 0. The summed E-state index contributed by atoms with van der Waals surface area (Å²) in [6, 6.07) is 9.34. The van der Waals surface area contributed by atoms with Crippen LogP contribution in [0.1, 0.15) is 22.0 Å². The van der Waals surface area contributed by atoms with E-state index >= 15 is 0 Å². The van der Waals surface area contributed by atoms with Crippen LogP contribution in [0, 0.1) is 0 Å². The minimum absolute atomic E-state index is 0.330. The Morgan fingerprint density at radius 1 is 1.09 bits per heavy atom. The zero-order chi connectivity index (χ0) is 16.4. The number of nitrogens with zero attached hydrogens (tertiary/aromatic N) is 1. The van der Waals surface area contributed by atoms with Gasteiger partial charge in [0, 0.05) is 31.1 Å². The first kappa shape index (κ1) is 17.0. The minimum Gasteiger partial charge on any atom is -0.314 e. The molecule has 1 aliphatic rings. The summed E-state index contributed by atoms with van der Waals surface area (Å²) in [6.07, 6.45) is -4.35. The molecule has 1 unspecified atom stereocenters. The fraction of sp³-hybridized carbons (Fsp3) is 0.375. The van der Waals surface area contributed by atoms with Gasteiger partial charge in [-0.15, -0.1) is 11.3 Å². The van der Waals surface area contributed by atoms with Crippen LogP contribution in [-0.2, 0) is 6.18 Å². The molecule has 1 fully saturated rings. The molecule has 2 aromatic rings. The van der Waals surface area contributed by atoms with Crippen molar-refractivity contribution in [3.8, 4) is 0 Å². The Hall–Kier alpha value is -0.890. The van der Waals surface area contributed by atoms with Crippen molar-refractivity contribution in [1.82, 2.24) is 10.2 Å². The molecule has 1 atom stereocenters. The number of benzene rings is 1. The third-order valence-corrected chi connectivity index (χ3v) is 5.62. The summed E-state index contributed by atoms with van der Waals surface area (Å²) in [4.78, 5) is 3.05. The molecule has 0 radical (unpaired) electrons. The predicted octanol–water partition coefficient (Wildman–Crippen LogP) is 4.52. The van der Waals surface area contributed by atoms with Gasteiger partial charge in [-0.1, -0.05) is 18.2 Å². The maximum Gasteiger partial charge on any atom is 0.416 e. The second-order valence-electron chi connectivity index (χ2n) is 5.42. The van der Waals surface area contributed by atoms with Crippen LogP contribution in [0.2, 0.25) is 0 Å². The molecule has 1 N–H and O–H groups in total. The second-order valence-corrected chi connectivity index (χ2v) is 7.91. The smallest absolute Gasteiger partial charge is 0.314 e. The minimum atomic E-state index is -4.35. The molecule has 1 aromatic heterocycles. The van der Waals surface area contributed by atoms with Crippen molar-refractivity contribution in [2.24, 2.45) is 0 Å². The van der Waals surface area contributed by atoms with Crippen molar-refractivity contribution in [3.05, 3.63) is 56.2 Å². The van der Waals surface area contributed by atoms with Gasteiger partial charge in [0.25, 0.3) is 0 Å². The summed E-state index contributed by atoms with van der Waals surface area (Å²) in [6.45, 7) is 3.03. The molecule has 0 bridgehead atoms. The number of piperazine rings is 1. The van der Waals surface area contributed by atoms with E-state index in [0.717, 1.165) is 34.8 Å². The molecule has 1 aromatic carbocycles. The molecule has 2 heterocycles. The molecule has 3 rings (SSSR count). The van der Waals surface area contributed by atoms with Gasteiger partial charge in [0.05, 0.1) is 15.4 Å². The lowest BCUT2D eigenvalue weighted by atomic mass is 9.96. The lowest BCUT2D eigenvalue weighted by Crippen LogP contribution is -2.45. The summed E-state index contributed by atoms with van der Waals surface area (Å²) in [5.41, 5.74) is -0.218. The predicted molar refractivity (Wildman–Crippen MR) is 89.7 cm³/mol. The van der Waals surface area contributed by atoms with Crippen LogP contribution in [0.4, 0.5) is 13.2 Å². The highest BCUT2D eigenvalue weighted by Crippen LogP contribution is 2.41. The molecule has 0 amide bonds. The van der Waals surface area contributed by atoms with E-state index in [2.05, 4.69) is 26.1 Å². The van der Waals surface area contributed by atoms with Gasteiger partial charge in [-0.25, -0.2) is 0 Å². The number of halogens is 4. The topological polar surface area (TPSA) is 15.3 Å². The van der Waals surface area contributed by atoms with Crippen LogP contribution in [0.5, 0.6) is 0 Å². The Bertz CT molecular complexity index is 665. The molecule has 124 valence electrons. The van der Waals surface area contributed by atoms with Crippen LogP contribution in [0.15, 0.2) is 40.2 Å². The van der Waals surface area contributed by atoms with Crippen LogP contribution >= 0.6 is 27.3 Å². The highest BCUT2D eigenvalue weighted by Gasteiger charge is 2.37. The molecule has 1 aliphatic heterocycles. The van der Waals surface area contributed by atoms with Crippen LogP contribution in [0.3, 0.4) is 0 Å². The van der Waals surface area contributed by atoms with Gasteiger partial charge in [0.1, 0.15) is 0 Å². The number of alkyl halides is 3. The zero-order valence-electron chi connectivity index (χ0n) is 12.2. The SMILES string of the molecule is FC(F)(F)c1ccccc1C(c1ccc(Br)s1)N1CCNCC1. The molecule has 0 saturated carbocycles. The van der Waals surface area contributed by atoms with Gasteiger partial charge >= 0.3 is 6.18 Å². The van der Waals surface area contributed by atoms with Gasteiger partial charge in [-0.2, -0.15) is 13.2 Å². The second kappa shape index (κ2) is 6.93. The van der Waals surface area contributed by atoms with Crippen molar-refractivity contribution in [2.45, 2.75) is 12.2 Å². The monoisotopic (exact) mass is 404 g/mol. The molecule has 0 spiro atoms. The van der Waals surface area contributed by atoms with Gasteiger partial charge in [-0.05, 0) is 39.7 Å².